The highest BCUT2D eigenvalue weighted by molar-refractivity contribution is 5.96. The molecule has 3 aromatic carbocycles. The Morgan fingerprint density at radius 2 is 1.48 bits per heavy atom. The van der Waals surface area contributed by atoms with Crippen LogP contribution in [-0.4, -0.2) is 6.04 Å². The van der Waals surface area contributed by atoms with Crippen LogP contribution in [0.1, 0.15) is 13.8 Å². The number of fused-ring (bicyclic) bond motifs is 1. The minimum atomic E-state index is 0.361. The molecular formula is C19H20N2. The van der Waals surface area contributed by atoms with Crippen LogP contribution in [0.5, 0.6) is 0 Å². The van der Waals surface area contributed by atoms with Crippen molar-refractivity contribution in [2.24, 2.45) is 0 Å². The van der Waals surface area contributed by atoms with Gasteiger partial charge in [-0.25, -0.2) is 0 Å². The zero-order valence-corrected chi connectivity index (χ0v) is 12.5. The Bertz CT molecular complexity index is 740. The van der Waals surface area contributed by atoms with Gasteiger partial charge in [-0.1, -0.05) is 36.4 Å². The number of rotatable bonds is 3. The number of hydrogen-bond donors (Lipinski definition) is 1. The first-order valence-electron chi connectivity index (χ1n) is 7.29. The van der Waals surface area contributed by atoms with Crippen LogP contribution in [0.15, 0.2) is 66.7 Å². The maximum absolute atomic E-state index is 5.81. The molecule has 0 aliphatic carbocycles. The lowest BCUT2D eigenvalue weighted by Gasteiger charge is -2.30. The van der Waals surface area contributed by atoms with Gasteiger partial charge in [-0.15, -0.1) is 0 Å². The zero-order chi connectivity index (χ0) is 14.8. The Kier molecular flexibility index (Phi) is 3.53. The smallest absolute Gasteiger partial charge is 0.0492 e. The Morgan fingerprint density at radius 1 is 0.810 bits per heavy atom. The van der Waals surface area contributed by atoms with Gasteiger partial charge in [0.25, 0.3) is 0 Å². The van der Waals surface area contributed by atoms with Gasteiger partial charge in [0.05, 0.1) is 0 Å². The highest BCUT2D eigenvalue weighted by atomic mass is 15.2. The van der Waals surface area contributed by atoms with Crippen molar-refractivity contribution < 1.29 is 0 Å². The van der Waals surface area contributed by atoms with E-state index in [-0.39, 0.29) is 0 Å². The second-order valence-corrected chi connectivity index (χ2v) is 5.55. The molecule has 106 valence electrons. The first kappa shape index (κ1) is 13.5. The first-order chi connectivity index (χ1) is 10.2. The summed E-state index contributed by atoms with van der Waals surface area (Å²) < 4.78 is 0. The molecule has 0 heterocycles. The van der Waals surface area contributed by atoms with Gasteiger partial charge in [0.1, 0.15) is 0 Å². The molecule has 0 fully saturated rings. The summed E-state index contributed by atoms with van der Waals surface area (Å²) >= 11 is 0. The number of anilines is 3. The average molecular weight is 276 g/mol. The van der Waals surface area contributed by atoms with Crippen molar-refractivity contribution in [3.8, 4) is 0 Å². The van der Waals surface area contributed by atoms with Crippen molar-refractivity contribution >= 4 is 27.8 Å². The number of hydrogen-bond acceptors (Lipinski definition) is 2. The Hall–Kier alpha value is -2.48. The van der Waals surface area contributed by atoms with Crippen molar-refractivity contribution in [2.75, 3.05) is 10.6 Å². The van der Waals surface area contributed by atoms with Crippen molar-refractivity contribution in [2.45, 2.75) is 19.9 Å². The molecule has 3 rings (SSSR count). The van der Waals surface area contributed by atoms with E-state index < -0.39 is 0 Å². The molecule has 0 radical (unpaired) electrons. The summed E-state index contributed by atoms with van der Waals surface area (Å²) in [5.41, 5.74) is 9.00. The molecule has 2 N–H and O–H groups in total. The molecule has 0 spiro atoms. The number of benzene rings is 3. The lowest BCUT2D eigenvalue weighted by molar-refractivity contribution is 0.791. The molecule has 0 amide bonds. The highest BCUT2D eigenvalue weighted by Gasteiger charge is 2.15. The zero-order valence-electron chi connectivity index (χ0n) is 12.5. The van der Waals surface area contributed by atoms with Crippen LogP contribution >= 0.6 is 0 Å². The van der Waals surface area contributed by atoms with E-state index in [1.807, 2.05) is 12.1 Å². The van der Waals surface area contributed by atoms with Crippen LogP contribution in [0.2, 0.25) is 0 Å². The third kappa shape index (κ3) is 2.57. The quantitative estimate of drug-likeness (QED) is 0.684. The molecule has 3 aromatic rings. The summed E-state index contributed by atoms with van der Waals surface area (Å²) in [5, 5.41) is 2.53. The summed E-state index contributed by atoms with van der Waals surface area (Å²) in [7, 11) is 0. The molecule has 0 atom stereocenters. The van der Waals surface area contributed by atoms with Gasteiger partial charge in [0.15, 0.2) is 0 Å². The maximum atomic E-state index is 5.81. The molecular weight excluding hydrogens is 256 g/mol. The van der Waals surface area contributed by atoms with Crippen LogP contribution in [0.3, 0.4) is 0 Å². The van der Waals surface area contributed by atoms with Crippen LogP contribution in [0.25, 0.3) is 10.8 Å². The van der Waals surface area contributed by atoms with Gasteiger partial charge in [0, 0.05) is 28.5 Å². The molecule has 0 aromatic heterocycles. The van der Waals surface area contributed by atoms with Gasteiger partial charge in [-0.05, 0) is 49.6 Å². The fourth-order valence-electron chi connectivity index (χ4n) is 2.77. The SMILES string of the molecule is CC(C)N(c1ccc(N)cc1)c1cccc2ccccc12. The van der Waals surface area contributed by atoms with Gasteiger partial charge in [0.2, 0.25) is 0 Å². The van der Waals surface area contributed by atoms with E-state index in [1.165, 1.54) is 16.5 Å². The summed E-state index contributed by atoms with van der Waals surface area (Å²) in [6.07, 6.45) is 0. The van der Waals surface area contributed by atoms with E-state index in [4.69, 9.17) is 5.73 Å². The number of nitrogens with two attached hydrogens (primary N) is 1. The lowest BCUT2D eigenvalue weighted by Crippen LogP contribution is -2.25. The normalized spacial score (nSPS) is 11.0. The third-order valence-corrected chi connectivity index (χ3v) is 3.71. The summed E-state index contributed by atoms with van der Waals surface area (Å²) in [5.74, 6) is 0. The largest absolute Gasteiger partial charge is 0.399 e. The molecule has 2 nitrogen and oxygen atoms in total. The summed E-state index contributed by atoms with van der Waals surface area (Å²) in [6.45, 7) is 4.41. The molecule has 21 heavy (non-hydrogen) atoms. The molecule has 0 bridgehead atoms. The minimum Gasteiger partial charge on any atom is -0.399 e. The molecule has 0 saturated heterocycles. The maximum Gasteiger partial charge on any atom is 0.0492 e. The Balaban J connectivity index is 2.18. The molecule has 0 aliphatic heterocycles. The fourth-order valence-corrected chi connectivity index (χ4v) is 2.77. The Morgan fingerprint density at radius 3 is 2.19 bits per heavy atom. The van der Waals surface area contributed by atoms with Gasteiger partial charge < -0.3 is 10.6 Å². The predicted octanol–water partition coefficient (Wildman–Crippen LogP) is 4.97. The van der Waals surface area contributed by atoms with E-state index in [1.54, 1.807) is 0 Å². The standard InChI is InChI=1S/C19H20N2/c1-14(2)21(17-12-10-16(20)11-13-17)19-9-5-7-15-6-3-4-8-18(15)19/h3-14H,20H2,1-2H3. The van der Waals surface area contributed by atoms with Crippen molar-refractivity contribution in [1.82, 2.24) is 0 Å². The molecule has 0 unspecified atom stereocenters. The van der Waals surface area contributed by atoms with E-state index in [2.05, 4.69) is 73.3 Å². The highest BCUT2D eigenvalue weighted by Crippen LogP contribution is 2.34. The number of nitrogens with zero attached hydrogens (tertiary/aromatic N) is 1. The predicted molar refractivity (Wildman–Crippen MR) is 92.1 cm³/mol. The van der Waals surface area contributed by atoms with E-state index >= 15 is 0 Å². The monoisotopic (exact) mass is 276 g/mol. The Labute approximate surface area is 125 Å². The van der Waals surface area contributed by atoms with Gasteiger partial charge in [-0.2, -0.15) is 0 Å². The van der Waals surface area contributed by atoms with Crippen LogP contribution in [-0.2, 0) is 0 Å². The van der Waals surface area contributed by atoms with Crippen LogP contribution < -0.4 is 10.6 Å². The summed E-state index contributed by atoms with van der Waals surface area (Å²) in [4.78, 5) is 2.35. The first-order valence-corrected chi connectivity index (χ1v) is 7.29. The molecule has 2 heteroatoms. The van der Waals surface area contributed by atoms with E-state index in [9.17, 15) is 0 Å². The van der Waals surface area contributed by atoms with Gasteiger partial charge in [-0.3, -0.25) is 0 Å². The van der Waals surface area contributed by atoms with E-state index in [0.717, 1.165) is 11.4 Å². The van der Waals surface area contributed by atoms with Crippen molar-refractivity contribution in [3.63, 3.8) is 0 Å². The fraction of sp³-hybridized carbons (Fsp3) is 0.158. The molecule has 0 aliphatic rings. The average Bonchev–Trinajstić information content (AvgIpc) is 2.49. The number of nitrogen functional groups attached to an aromatic ring is 1. The van der Waals surface area contributed by atoms with Crippen LogP contribution in [0, 0.1) is 0 Å². The minimum absolute atomic E-state index is 0.361. The third-order valence-electron chi connectivity index (χ3n) is 3.71. The second kappa shape index (κ2) is 5.49. The van der Waals surface area contributed by atoms with Gasteiger partial charge >= 0.3 is 0 Å². The summed E-state index contributed by atoms with van der Waals surface area (Å²) in [6, 6.07) is 23.4. The van der Waals surface area contributed by atoms with Crippen molar-refractivity contribution in [1.29, 1.82) is 0 Å². The molecule has 0 saturated carbocycles. The topological polar surface area (TPSA) is 29.3 Å². The van der Waals surface area contributed by atoms with Crippen molar-refractivity contribution in [3.05, 3.63) is 66.7 Å². The second-order valence-electron chi connectivity index (χ2n) is 5.55. The lowest BCUT2D eigenvalue weighted by atomic mass is 10.1. The van der Waals surface area contributed by atoms with E-state index in [0.29, 0.717) is 6.04 Å². The van der Waals surface area contributed by atoms with Crippen LogP contribution in [0.4, 0.5) is 17.1 Å².